The molecule has 1 aromatic heterocycles. The number of thiocarbonyl (C=S) groups is 1. The Bertz CT molecular complexity index is 424. The maximum atomic E-state index is 5.52. The van der Waals surface area contributed by atoms with Crippen molar-refractivity contribution in [1.82, 2.24) is 25.0 Å². The zero-order valence-corrected chi connectivity index (χ0v) is 11.3. The van der Waals surface area contributed by atoms with Crippen LogP contribution >= 0.6 is 12.2 Å². The van der Waals surface area contributed by atoms with Gasteiger partial charge in [0.2, 0.25) is 0 Å². The molecule has 1 fully saturated rings. The summed E-state index contributed by atoms with van der Waals surface area (Å²) in [5.41, 5.74) is 0. The van der Waals surface area contributed by atoms with Crippen LogP contribution in [-0.4, -0.2) is 37.4 Å². The molecule has 0 unspecified atom stereocenters. The summed E-state index contributed by atoms with van der Waals surface area (Å²) in [6, 6.07) is 0.575. The van der Waals surface area contributed by atoms with Gasteiger partial charge in [-0.15, -0.1) is 10.2 Å². The molecule has 1 aliphatic heterocycles. The van der Waals surface area contributed by atoms with Gasteiger partial charge < -0.3 is 14.8 Å². The summed E-state index contributed by atoms with van der Waals surface area (Å²) in [4.78, 5) is 2.20. The fourth-order valence-electron chi connectivity index (χ4n) is 2.75. The van der Waals surface area contributed by atoms with Gasteiger partial charge in [-0.05, 0) is 25.1 Å². The van der Waals surface area contributed by atoms with Gasteiger partial charge in [0.15, 0.2) is 10.9 Å². The smallest absolute Gasteiger partial charge is 0.169 e. The van der Waals surface area contributed by atoms with Gasteiger partial charge in [-0.25, -0.2) is 0 Å². The van der Waals surface area contributed by atoms with Crippen LogP contribution in [0.2, 0.25) is 0 Å². The van der Waals surface area contributed by atoms with Gasteiger partial charge in [0.05, 0.1) is 6.54 Å². The number of nitrogens with zero attached hydrogens (tertiary/aromatic N) is 4. The van der Waals surface area contributed by atoms with Crippen molar-refractivity contribution in [1.29, 1.82) is 0 Å². The highest BCUT2D eigenvalue weighted by Gasteiger charge is 2.21. The fraction of sp³-hybridized carbons (Fsp3) is 0.750. The Labute approximate surface area is 113 Å². The van der Waals surface area contributed by atoms with Crippen LogP contribution < -0.4 is 5.32 Å². The monoisotopic (exact) mass is 265 g/mol. The van der Waals surface area contributed by atoms with Gasteiger partial charge in [-0.3, -0.25) is 0 Å². The predicted octanol–water partition coefficient (Wildman–Crippen LogP) is 1.30. The minimum Gasteiger partial charge on any atom is -0.360 e. The second-order valence-electron chi connectivity index (χ2n) is 5.15. The van der Waals surface area contributed by atoms with E-state index < -0.39 is 0 Å². The molecule has 0 bridgehead atoms. The van der Waals surface area contributed by atoms with E-state index in [1.807, 2.05) is 0 Å². The van der Waals surface area contributed by atoms with E-state index in [-0.39, 0.29) is 0 Å². The van der Waals surface area contributed by atoms with Gasteiger partial charge >= 0.3 is 0 Å². The lowest BCUT2D eigenvalue weighted by Crippen LogP contribution is -2.47. The minimum atomic E-state index is 0.575. The van der Waals surface area contributed by atoms with E-state index in [9.17, 15) is 0 Å². The van der Waals surface area contributed by atoms with E-state index in [2.05, 4.69) is 25.0 Å². The molecular weight excluding hydrogens is 246 g/mol. The standard InChI is InChI=1S/C12H19N5S/c18-12(14-10-4-2-1-3-5-10)16-6-7-17-9-13-15-11(17)8-16/h9-10H,1-8H2,(H,14,18). The second-order valence-corrected chi connectivity index (χ2v) is 5.53. The lowest BCUT2D eigenvalue weighted by atomic mass is 9.96. The van der Waals surface area contributed by atoms with Crippen LogP contribution in [0.4, 0.5) is 0 Å². The van der Waals surface area contributed by atoms with Crippen molar-refractivity contribution in [2.24, 2.45) is 0 Å². The van der Waals surface area contributed by atoms with E-state index in [0.29, 0.717) is 6.04 Å². The van der Waals surface area contributed by atoms with Crippen LogP contribution in [0.1, 0.15) is 37.9 Å². The number of hydrogen-bond donors (Lipinski definition) is 1. The average Bonchev–Trinajstić information content (AvgIpc) is 2.87. The molecule has 1 saturated carbocycles. The van der Waals surface area contributed by atoms with E-state index in [1.54, 1.807) is 6.33 Å². The molecule has 0 radical (unpaired) electrons. The molecule has 1 aliphatic carbocycles. The Hall–Kier alpha value is -1.17. The first-order valence-electron chi connectivity index (χ1n) is 6.75. The maximum Gasteiger partial charge on any atom is 0.169 e. The number of nitrogens with one attached hydrogen (secondary N) is 1. The number of fused-ring (bicyclic) bond motifs is 1. The van der Waals surface area contributed by atoms with E-state index in [4.69, 9.17) is 12.2 Å². The Kier molecular flexibility index (Phi) is 3.45. The molecule has 0 aromatic carbocycles. The topological polar surface area (TPSA) is 46.0 Å². The van der Waals surface area contributed by atoms with Crippen molar-refractivity contribution in [3.63, 3.8) is 0 Å². The molecule has 5 nitrogen and oxygen atoms in total. The summed E-state index contributed by atoms with van der Waals surface area (Å²) in [6.45, 7) is 2.65. The molecule has 1 aromatic rings. The Balaban J connectivity index is 1.57. The van der Waals surface area contributed by atoms with Crippen molar-refractivity contribution in [3.8, 4) is 0 Å². The number of hydrogen-bond acceptors (Lipinski definition) is 3. The van der Waals surface area contributed by atoms with Crippen LogP contribution in [0.5, 0.6) is 0 Å². The minimum absolute atomic E-state index is 0.575. The molecule has 0 atom stereocenters. The molecule has 3 rings (SSSR count). The molecule has 1 N–H and O–H groups in total. The summed E-state index contributed by atoms with van der Waals surface area (Å²) < 4.78 is 2.10. The molecule has 0 spiro atoms. The fourth-order valence-corrected chi connectivity index (χ4v) is 3.08. The third-order valence-electron chi connectivity index (χ3n) is 3.86. The number of aromatic nitrogens is 3. The Morgan fingerprint density at radius 2 is 2.11 bits per heavy atom. The third kappa shape index (κ3) is 2.48. The largest absolute Gasteiger partial charge is 0.360 e. The second kappa shape index (κ2) is 5.22. The molecule has 0 saturated heterocycles. The van der Waals surface area contributed by atoms with Gasteiger partial charge in [0.1, 0.15) is 6.33 Å². The van der Waals surface area contributed by atoms with E-state index >= 15 is 0 Å². The Morgan fingerprint density at radius 1 is 1.28 bits per heavy atom. The van der Waals surface area contributed by atoms with Crippen molar-refractivity contribution < 1.29 is 0 Å². The predicted molar refractivity (Wildman–Crippen MR) is 73.0 cm³/mol. The summed E-state index contributed by atoms with van der Waals surface area (Å²) in [5, 5.41) is 12.5. The van der Waals surface area contributed by atoms with Crippen LogP contribution in [0.15, 0.2) is 6.33 Å². The lowest BCUT2D eigenvalue weighted by molar-refractivity contribution is 0.314. The van der Waals surface area contributed by atoms with Gasteiger partial charge in [0, 0.05) is 19.1 Å². The van der Waals surface area contributed by atoms with Gasteiger partial charge in [-0.2, -0.15) is 0 Å². The van der Waals surface area contributed by atoms with Crippen molar-refractivity contribution in [2.45, 2.75) is 51.2 Å². The molecule has 18 heavy (non-hydrogen) atoms. The van der Waals surface area contributed by atoms with Crippen LogP contribution in [-0.2, 0) is 13.1 Å². The quantitative estimate of drug-likeness (QED) is 0.776. The zero-order valence-electron chi connectivity index (χ0n) is 10.5. The van der Waals surface area contributed by atoms with Crippen molar-refractivity contribution >= 4 is 17.3 Å². The van der Waals surface area contributed by atoms with E-state index in [0.717, 1.165) is 30.6 Å². The van der Waals surface area contributed by atoms with Crippen molar-refractivity contribution in [3.05, 3.63) is 12.2 Å². The first-order chi connectivity index (χ1) is 8.83. The summed E-state index contributed by atoms with van der Waals surface area (Å²) >= 11 is 5.52. The van der Waals surface area contributed by atoms with Gasteiger partial charge in [-0.1, -0.05) is 19.3 Å². The lowest BCUT2D eigenvalue weighted by Gasteiger charge is -2.32. The zero-order chi connectivity index (χ0) is 12.4. The van der Waals surface area contributed by atoms with E-state index in [1.165, 1.54) is 32.1 Å². The number of rotatable bonds is 1. The molecule has 6 heteroatoms. The van der Waals surface area contributed by atoms with Crippen molar-refractivity contribution in [2.75, 3.05) is 6.54 Å². The van der Waals surface area contributed by atoms with Crippen LogP contribution in [0, 0.1) is 0 Å². The summed E-state index contributed by atoms with van der Waals surface area (Å²) in [5.74, 6) is 1.01. The van der Waals surface area contributed by atoms with Crippen LogP contribution in [0.25, 0.3) is 0 Å². The highest BCUT2D eigenvalue weighted by molar-refractivity contribution is 7.80. The Morgan fingerprint density at radius 3 is 2.94 bits per heavy atom. The molecular formula is C12H19N5S. The average molecular weight is 265 g/mol. The SMILES string of the molecule is S=C(NC1CCCCC1)N1CCn2cnnc2C1. The normalized spacial score (nSPS) is 20.6. The first-order valence-corrected chi connectivity index (χ1v) is 7.16. The summed E-state index contributed by atoms with van der Waals surface area (Å²) in [7, 11) is 0. The third-order valence-corrected chi connectivity index (χ3v) is 4.23. The molecule has 98 valence electrons. The maximum absolute atomic E-state index is 5.52. The highest BCUT2D eigenvalue weighted by atomic mass is 32.1. The van der Waals surface area contributed by atoms with Gasteiger partial charge in [0.25, 0.3) is 0 Å². The first kappa shape index (κ1) is 11.9. The molecule has 2 heterocycles. The molecule has 0 amide bonds. The van der Waals surface area contributed by atoms with Crippen LogP contribution in [0.3, 0.4) is 0 Å². The molecule has 2 aliphatic rings. The summed E-state index contributed by atoms with van der Waals surface area (Å²) in [6.07, 6.45) is 8.33. The highest BCUT2D eigenvalue weighted by Crippen LogP contribution is 2.18.